The van der Waals surface area contributed by atoms with Gasteiger partial charge in [-0.2, -0.15) is 0 Å². The summed E-state index contributed by atoms with van der Waals surface area (Å²) in [5, 5.41) is 12.1. The highest BCUT2D eigenvalue weighted by Gasteiger charge is 2.53. The molecule has 0 aromatic heterocycles. The van der Waals surface area contributed by atoms with Crippen LogP contribution in [0.3, 0.4) is 0 Å². The monoisotopic (exact) mass is 394 g/mol. The topological polar surface area (TPSA) is 88.1 Å². The van der Waals surface area contributed by atoms with E-state index in [1.165, 1.54) is 13.2 Å². The number of aromatic carboxylic acids is 1. The first kappa shape index (κ1) is 20.2. The number of hydrogen-bond acceptors (Lipinski definition) is 5. The van der Waals surface area contributed by atoms with Gasteiger partial charge in [0.25, 0.3) is 0 Å². The molecule has 1 aliphatic carbocycles. The van der Waals surface area contributed by atoms with Crippen molar-refractivity contribution in [2.45, 2.75) is 51.2 Å². The van der Waals surface area contributed by atoms with Crippen molar-refractivity contribution < 1.29 is 28.6 Å². The Bertz CT molecular complexity index is 786. The van der Waals surface area contributed by atoms with Crippen LogP contribution < -0.4 is 15.0 Å². The molecule has 0 radical (unpaired) electrons. The molecule has 1 aromatic carbocycles. The molecule has 2 fully saturated rings. The van der Waals surface area contributed by atoms with Crippen molar-refractivity contribution in [1.82, 2.24) is 5.32 Å². The summed E-state index contributed by atoms with van der Waals surface area (Å²) < 4.78 is 25.1. The number of rotatable bonds is 5. The van der Waals surface area contributed by atoms with Gasteiger partial charge in [0.05, 0.1) is 18.4 Å². The van der Waals surface area contributed by atoms with E-state index in [9.17, 15) is 14.0 Å². The first-order valence-corrected chi connectivity index (χ1v) is 9.42. The number of benzene rings is 1. The molecule has 1 aromatic rings. The maximum Gasteiger partial charge on any atom is 0.408 e. The first-order valence-electron chi connectivity index (χ1n) is 9.42. The molecule has 1 saturated heterocycles. The van der Waals surface area contributed by atoms with E-state index in [0.29, 0.717) is 18.8 Å². The van der Waals surface area contributed by atoms with Crippen molar-refractivity contribution in [3.05, 3.63) is 23.5 Å². The zero-order chi connectivity index (χ0) is 20.7. The number of nitrogens with zero attached hydrogens (tertiary/aromatic N) is 1. The average molecular weight is 394 g/mol. The highest BCUT2D eigenvalue weighted by atomic mass is 19.1. The number of carboxylic acid groups (broad SMARTS) is 1. The van der Waals surface area contributed by atoms with Crippen molar-refractivity contribution in [2.75, 3.05) is 25.1 Å². The van der Waals surface area contributed by atoms with Gasteiger partial charge in [0, 0.05) is 24.5 Å². The summed E-state index contributed by atoms with van der Waals surface area (Å²) in [5.74, 6) is -2.07. The summed E-state index contributed by atoms with van der Waals surface area (Å²) in [7, 11) is 1.33. The fourth-order valence-corrected chi connectivity index (χ4v) is 3.86. The molecule has 1 aliphatic heterocycles. The Kier molecular flexibility index (Phi) is 5.16. The van der Waals surface area contributed by atoms with Crippen LogP contribution in [-0.2, 0) is 4.74 Å². The van der Waals surface area contributed by atoms with Crippen molar-refractivity contribution in [3.63, 3.8) is 0 Å². The average Bonchev–Trinajstić information content (AvgIpc) is 3.17. The molecular formula is C20H27FN2O5. The van der Waals surface area contributed by atoms with Crippen molar-refractivity contribution in [2.24, 2.45) is 5.92 Å². The summed E-state index contributed by atoms with van der Waals surface area (Å²) in [4.78, 5) is 25.3. The van der Waals surface area contributed by atoms with E-state index in [-0.39, 0.29) is 17.2 Å². The van der Waals surface area contributed by atoms with Crippen molar-refractivity contribution in [1.29, 1.82) is 0 Å². The summed E-state index contributed by atoms with van der Waals surface area (Å²) in [6.07, 6.45) is 2.18. The number of carbonyl (C=O) groups excluding carboxylic acids is 1. The first-order chi connectivity index (χ1) is 13.1. The minimum atomic E-state index is -1.33. The smallest absolute Gasteiger partial charge is 0.408 e. The molecule has 28 heavy (non-hydrogen) atoms. The van der Waals surface area contributed by atoms with Gasteiger partial charge < -0.3 is 24.8 Å². The van der Waals surface area contributed by atoms with Crippen LogP contribution in [0.5, 0.6) is 5.75 Å². The molecule has 3 rings (SSSR count). The Labute approximate surface area is 163 Å². The summed E-state index contributed by atoms with van der Waals surface area (Å²) in [6.45, 7) is 6.77. The predicted molar refractivity (Wildman–Crippen MR) is 102 cm³/mol. The molecular weight excluding hydrogens is 367 g/mol. The van der Waals surface area contributed by atoms with Crippen molar-refractivity contribution >= 4 is 17.7 Å². The molecule has 1 amide bonds. The van der Waals surface area contributed by atoms with E-state index in [1.54, 1.807) is 6.07 Å². The van der Waals surface area contributed by atoms with Crippen LogP contribution in [-0.4, -0.2) is 48.5 Å². The van der Waals surface area contributed by atoms with Gasteiger partial charge in [-0.1, -0.05) is 0 Å². The zero-order valence-electron chi connectivity index (χ0n) is 16.7. The Hall–Kier alpha value is -2.51. The second-order valence-electron chi connectivity index (χ2n) is 8.50. The van der Waals surface area contributed by atoms with E-state index in [4.69, 9.17) is 14.6 Å². The molecule has 8 heteroatoms. The zero-order valence-corrected chi connectivity index (χ0v) is 16.7. The largest absolute Gasteiger partial charge is 0.492 e. The molecule has 1 atom stereocenters. The molecule has 1 saturated carbocycles. The molecule has 154 valence electrons. The van der Waals surface area contributed by atoms with E-state index in [2.05, 4.69) is 5.32 Å². The lowest BCUT2D eigenvalue weighted by Crippen LogP contribution is -2.45. The number of nitrogens with one attached hydrogen (secondary N) is 1. The fourth-order valence-electron chi connectivity index (χ4n) is 3.86. The number of alkyl carbamates (subject to hydrolysis) is 1. The van der Waals surface area contributed by atoms with Crippen molar-refractivity contribution in [3.8, 4) is 5.75 Å². The molecule has 1 heterocycles. The fraction of sp³-hybridized carbons (Fsp3) is 0.600. The number of amides is 1. The molecule has 7 nitrogen and oxygen atoms in total. The van der Waals surface area contributed by atoms with Crippen LogP contribution >= 0.6 is 0 Å². The van der Waals surface area contributed by atoms with Gasteiger partial charge in [-0.25, -0.2) is 14.0 Å². The second kappa shape index (κ2) is 7.14. The van der Waals surface area contributed by atoms with Gasteiger partial charge in [0.1, 0.15) is 5.60 Å². The van der Waals surface area contributed by atoms with Gasteiger partial charge in [-0.05, 0) is 52.2 Å². The predicted octanol–water partition coefficient (Wildman–Crippen LogP) is 3.42. The minimum absolute atomic E-state index is 0.0644. The van der Waals surface area contributed by atoms with Crippen LogP contribution in [0, 0.1) is 11.7 Å². The third kappa shape index (κ3) is 4.00. The number of carbonyl (C=O) groups is 2. The number of hydrogen-bond donors (Lipinski definition) is 2. The van der Waals surface area contributed by atoms with Gasteiger partial charge in [-0.3, -0.25) is 0 Å². The molecule has 2 aliphatic rings. The molecule has 0 bridgehead atoms. The highest BCUT2D eigenvalue weighted by molar-refractivity contribution is 5.89. The summed E-state index contributed by atoms with van der Waals surface area (Å²) in [6, 6.07) is 2.84. The van der Waals surface area contributed by atoms with Gasteiger partial charge in [0.15, 0.2) is 11.6 Å². The molecule has 2 N–H and O–H groups in total. The SMILES string of the molecule is COc1c(N2CC[C@@H](C3(NC(=O)OC(C)(C)C)CC3)C2)ccc(C(=O)O)c1F. The Morgan fingerprint density at radius 3 is 2.54 bits per heavy atom. The maximum atomic E-state index is 14.5. The lowest BCUT2D eigenvalue weighted by molar-refractivity contribution is 0.0477. The number of methoxy groups -OCH3 is 1. The Morgan fingerprint density at radius 1 is 1.32 bits per heavy atom. The standard InChI is InChI=1S/C20H27FN2O5/c1-19(2,3)28-18(26)22-20(8-9-20)12-7-10-23(11-12)14-6-5-13(17(24)25)15(21)16(14)27-4/h5-6,12H,7-11H2,1-4H3,(H,22,26)(H,24,25)/t12-/m1/s1. The van der Waals surface area contributed by atoms with Crippen LogP contribution in [0.25, 0.3) is 0 Å². The Balaban J connectivity index is 1.73. The Morgan fingerprint density at radius 2 is 2.00 bits per heavy atom. The van der Waals surface area contributed by atoms with Crippen LogP contribution in [0.1, 0.15) is 50.4 Å². The number of anilines is 1. The lowest BCUT2D eigenvalue weighted by Gasteiger charge is -2.28. The number of ether oxygens (including phenoxy) is 2. The third-order valence-electron chi connectivity index (χ3n) is 5.36. The van der Waals surface area contributed by atoms with E-state index in [0.717, 1.165) is 19.3 Å². The molecule has 0 unspecified atom stereocenters. The maximum absolute atomic E-state index is 14.5. The highest BCUT2D eigenvalue weighted by Crippen LogP contribution is 2.48. The van der Waals surface area contributed by atoms with Gasteiger partial charge in [0.2, 0.25) is 0 Å². The number of halogens is 1. The van der Waals surface area contributed by atoms with E-state index >= 15 is 0 Å². The third-order valence-corrected chi connectivity index (χ3v) is 5.36. The second-order valence-corrected chi connectivity index (χ2v) is 8.50. The lowest BCUT2D eigenvalue weighted by atomic mass is 9.96. The summed E-state index contributed by atoms with van der Waals surface area (Å²) >= 11 is 0. The van der Waals surface area contributed by atoms with Gasteiger partial charge >= 0.3 is 12.1 Å². The quantitative estimate of drug-likeness (QED) is 0.796. The van der Waals surface area contributed by atoms with E-state index < -0.39 is 29.0 Å². The number of carboxylic acids is 1. The summed E-state index contributed by atoms with van der Waals surface area (Å²) in [5.41, 5.74) is -0.732. The van der Waals surface area contributed by atoms with Crippen LogP contribution in [0.2, 0.25) is 0 Å². The van der Waals surface area contributed by atoms with E-state index in [1.807, 2.05) is 25.7 Å². The van der Waals surface area contributed by atoms with Crippen LogP contribution in [0.4, 0.5) is 14.9 Å². The normalized spacial score (nSPS) is 20.6. The van der Waals surface area contributed by atoms with Crippen LogP contribution in [0.15, 0.2) is 12.1 Å². The minimum Gasteiger partial charge on any atom is -0.492 e. The van der Waals surface area contributed by atoms with Gasteiger partial charge in [-0.15, -0.1) is 0 Å². The molecule has 0 spiro atoms.